The van der Waals surface area contributed by atoms with E-state index in [1.807, 2.05) is 32.0 Å². The van der Waals surface area contributed by atoms with Gasteiger partial charge in [-0.15, -0.1) is 12.4 Å². The molecule has 0 aromatic heterocycles. The van der Waals surface area contributed by atoms with Gasteiger partial charge in [-0.05, 0) is 25.0 Å². The third-order valence-electron chi connectivity index (χ3n) is 2.45. The lowest BCUT2D eigenvalue weighted by Crippen LogP contribution is -2.17. The van der Waals surface area contributed by atoms with Crippen molar-refractivity contribution in [2.24, 2.45) is 5.73 Å². The molecule has 0 spiro atoms. The second-order valence-electron chi connectivity index (χ2n) is 3.75. The number of rotatable bonds is 3. The van der Waals surface area contributed by atoms with Crippen molar-refractivity contribution in [3.05, 3.63) is 34.9 Å². The minimum Gasteiger partial charge on any atom is -0.469 e. The predicted octanol–water partition coefficient (Wildman–Crippen LogP) is 2.29. The molecule has 1 aromatic rings. The molecular weight excluding hydrogens is 226 g/mol. The van der Waals surface area contributed by atoms with Crippen LogP contribution in [0.4, 0.5) is 0 Å². The molecule has 0 heterocycles. The third-order valence-corrected chi connectivity index (χ3v) is 2.45. The zero-order chi connectivity index (χ0) is 11.4. The van der Waals surface area contributed by atoms with Gasteiger partial charge in [0.25, 0.3) is 0 Å². The SMILES string of the molecule is COC(=O)C[C@H](N)c1cc(C)ccc1C.Cl. The first-order chi connectivity index (χ1) is 7.04. The van der Waals surface area contributed by atoms with Crippen molar-refractivity contribution >= 4 is 18.4 Å². The maximum absolute atomic E-state index is 11.1. The van der Waals surface area contributed by atoms with Crippen LogP contribution in [0.2, 0.25) is 0 Å². The number of hydrogen-bond donors (Lipinski definition) is 1. The van der Waals surface area contributed by atoms with Crippen LogP contribution in [0.1, 0.15) is 29.2 Å². The number of benzene rings is 1. The molecule has 0 fully saturated rings. The fourth-order valence-electron chi connectivity index (χ4n) is 1.53. The van der Waals surface area contributed by atoms with Crippen LogP contribution < -0.4 is 5.73 Å². The van der Waals surface area contributed by atoms with Gasteiger partial charge in [-0.3, -0.25) is 4.79 Å². The van der Waals surface area contributed by atoms with Crippen LogP contribution in [-0.4, -0.2) is 13.1 Å². The molecule has 1 atom stereocenters. The summed E-state index contributed by atoms with van der Waals surface area (Å²) >= 11 is 0. The van der Waals surface area contributed by atoms with E-state index in [-0.39, 0.29) is 30.8 Å². The summed E-state index contributed by atoms with van der Waals surface area (Å²) in [5, 5.41) is 0. The summed E-state index contributed by atoms with van der Waals surface area (Å²) in [4.78, 5) is 11.1. The first kappa shape index (κ1) is 14.9. The van der Waals surface area contributed by atoms with Crippen LogP contribution in [0.25, 0.3) is 0 Å². The van der Waals surface area contributed by atoms with Crippen molar-refractivity contribution in [3.8, 4) is 0 Å². The molecule has 0 saturated heterocycles. The first-order valence-corrected chi connectivity index (χ1v) is 4.94. The second-order valence-corrected chi connectivity index (χ2v) is 3.75. The van der Waals surface area contributed by atoms with Gasteiger partial charge in [0.05, 0.1) is 13.5 Å². The number of esters is 1. The lowest BCUT2D eigenvalue weighted by Gasteiger charge is -2.14. The molecule has 0 aliphatic heterocycles. The van der Waals surface area contributed by atoms with E-state index in [0.717, 1.165) is 16.7 Å². The summed E-state index contributed by atoms with van der Waals surface area (Å²) in [5.74, 6) is -0.275. The zero-order valence-corrected chi connectivity index (χ0v) is 10.6. The summed E-state index contributed by atoms with van der Waals surface area (Å²) < 4.78 is 4.59. The molecule has 0 radical (unpaired) electrons. The zero-order valence-electron chi connectivity index (χ0n) is 9.82. The summed E-state index contributed by atoms with van der Waals surface area (Å²) in [7, 11) is 1.37. The number of nitrogens with two attached hydrogens (primary N) is 1. The van der Waals surface area contributed by atoms with Gasteiger partial charge < -0.3 is 10.5 Å². The summed E-state index contributed by atoms with van der Waals surface area (Å²) in [5.41, 5.74) is 9.21. The molecule has 16 heavy (non-hydrogen) atoms. The van der Waals surface area contributed by atoms with Crippen molar-refractivity contribution in [3.63, 3.8) is 0 Å². The van der Waals surface area contributed by atoms with Gasteiger partial charge >= 0.3 is 5.97 Å². The largest absolute Gasteiger partial charge is 0.469 e. The molecule has 0 aliphatic carbocycles. The normalized spacial score (nSPS) is 11.5. The minimum atomic E-state index is -0.280. The molecule has 90 valence electrons. The summed E-state index contributed by atoms with van der Waals surface area (Å²) in [6, 6.07) is 5.78. The maximum atomic E-state index is 11.1. The molecule has 1 aromatic carbocycles. The number of hydrogen-bond acceptors (Lipinski definition) is 3. The van der Waals surface area contributed by atoms with Gasteiger partial charge in [0.1, 0.15) is 0 Å². The highest BCUT2D eigenvalue weighted by molar-refractivity contribution is 5.85. The van der Waals surface area contributed by atoms with Crippen molar-refractivity contribution in [2.75, 3.05) is 7.11 Å². The van der Waals surface area contributed by atoms with E-state index in [2.05, 4.69) is 4.74 Å². The van der Waals surface area contributed by atoms with E-state index in [1.165, 1.54) is 7.11 Å². The third kappa shape index (κ3) is 3.83. The topological polar surface area (TPSA) is 52.3 Å². The van der Waals surface area contributed by atoms with Crippen LogP contribution in [0.5, 0.6) is 0 Å². The van der Waals surface area contributed by atoms with Gasteiger partial charge in [-0.1, -0.05) is 23.8 Å². The molecule has 0 bridgehead atoms. The number of methoxy groups -OCH3 is 1. The van der Waals surface area contributed by atoms with E-state index in [9.17, 15) is 4.79 Å². The molecule has 0 unspecified atom stereocenters. The molecule has 3 nitrogen and oxygen atoms in total. The molecule has 0 aliphatic rings. The molecule has 0 saturated carbocycles. The predicted molar refractivity (Wildman–Crippen MR) is 66.7 cm³/mol. The van der Waals surface area contributed by atoms with Crippen molar-refractivity contribution in [1.82, 2.24) is 0 Å². The summed E-state index contributed by atoms with van der Waals surface area (Å²) in [6.45, 7) is 4.00. The Labute approximate surface area is 102 Å². The van der Waals surface area contributed by atoms with E-state index < -0.39 is 0 Å². The Bertz CT molecular complexity index is 366. The lowest BCUT2D eigenvalue weighted by atomic mass is 9.97. The van der Waals surface area contributed by atoms with Gasteiger partial charge in [0.15, 0.2) is 0 Å². The number of carbonyl (C=O) groups is 1. The Balaban J connectivity index is 0.00000225. The molecule has 2 N–H and O–H groups in total. The molecule has 4 heteroatoms. The number of carbonyl (C=O) groups excluding carboxylic acids is 1. The average Bonchev–Trinajstić information content (AvgIpc) is 2.21. The van der Waals surface area contributed by atoms with Gasteiger partial charge in [0, 0.05) is 6.04 Å². The summed E-state index contributed by atoms with van der Waals surface area (Å²) in [6.07, 6.45) is 0.223. The number of halogens is 1. The van der Waals surface area contributed by atoms with E-state index in [4.69, 9.17) is 5.73 Å². The van der Waals surface area contributed by atoms with Gasteiger partial charge in [-0.2, -0.15) is 0 Å². The van der Waals surface area contributed by atoms with E-state index >= 15 is 0 Å². The van der Waals surface area contributed by atoms with Gasteiger partial charge in [-0.25, -0.2) is 0 Å². The highest BCUT2D eigenvalue weighted by atomic mass is 35.5. The van der Waals surface area contributed by atoms with E-state index in [0.29, 0.717) is 0 Å². The van der Waals surface area contributed by atoms with Crippen LogP contribution in [-0.2, 0) is 9.53 Å². The van der Waals surface area contributed by atoms with Crippen molar-refractivity contribution < 1.29 is 9.53 Å². The Kier molecular flexibility index (Phi) is 6.08. The Morgan fingerprint density at radius 1 is 1.44 bits per heavy atom. The molecule has 0 amide bonds. The Hall–Kier alpha value is -1.06. The molecular formula is C12H18ClNO2. The fraction of sp³-hybridized carbons (Fsp3) is 0.417. The lowest BCUT2D eigenvalue weighted by molar-refractivity contribution is -0.141. The highest BCUT2D eigenvalue weighted by Crippen LogP contribution is 2.20. The van der Waals surface area contributed by atoms with Crippen LogP contribution >= 0.6 is 12.4 Å². The van der Waals surface area contributed by atoms with Crippen LogP contribution in [0, 0.1) is 13.8 Å². The smallest absolute Gasteiger partial charge is 0.307 e. The van der Waals surface area contributed by atoms with Crippen molar-refractivity contribution in [2.45, 2.75) is 26.3 Å². The highest BCUT2D eigenvalue weighted by Gasteiger charge is 2.13. The first-order valence-electron chi connectivity index (χ1n) is 4.94. The van der Waals surface area contributed by atoms with Crippen molar-refractivity contribution in [1.29, 1.82) is 0 Å². The number of ether oxygens (including phenoxy) is 1. The standard InChI is InChI=1S/C12H17NO2.ClH/c1-8-4-5-9(2)10(6-8)11(13)7-12(14)15-3;/h4-6,11H,7,13H2,1-3H3;1H/t11-;/m0./s1. The van der Waals surface area contributed by atoms with Crippen LogP contribution in [0.3, 0.4) is 0 Å². The monoisotopic (exact) mass is 243 g/mol. The Morgan fingerprint density at radius 3 is 2.62 bits per heavy atom. The van der Waals surface area contributed by atoms with Gasteiger partial charge in [0.2, 0.25) is 0 Å². The van der Waals surface area contributed by atoms with E-state index in [1.54, 1.807) is 0 Å². The Morgan fingerprint density at radius 2 is 2.06 bits per heavy atom. The minimum absolute atomic E-state index is 0. The number of aryl methyl sites for hydroxylation is 2. The average molecular weight is 244 g/mol. The fourth-order valence-corrected chi connectivity index (χ4v) is 1.53. The second kappa shape index (κ2) is 6.51. The molecule has 1 rings (SSSR count). The maximum Gasteiger partial charge on any atom is 0.307 e. The quantitative estimate of drug-likeness (QED) is 0.829. The van der Waals surface area contributed by atoms with Crippen LogP contribution in [0.15, 0.2) is 18.2 Å².